The predicted octanol–water partition coefficient (Wildman–Crippen LogP) is 1.05. The van der Waals surface area contributed by atoms with Crippen LogP contribution in [0, 0.1) is 0 Å². The smallest absolute Gasteiger partial charge is 0.302 e. The molecule has 0 bridgehead atoms. The number of carboxylic acid groups (broad SMARTS) is 1. The summed E-state index contributed by atoms with van der Waals surface area (Å²) in [6.07, 6.45) is 0.965. The van der Waals surface area contributed by atoms with Gasteiger partial charge in [0.25, 0.3) is 6.47 Å². The average Bonchev–Trinajstić information content (AvgIpc) is 1.88. The number of carbonyl (C=O) groups is 2. The zero-order valence-electron chi connectivity index (χ0n) is 7.03. The zero-order valence-corrected chi connectivity index (χ0v) is 7.03. The Labute approximate surface area is 66.2 Å². The number of esters is 1. The standard InChI is InChI=1S/C6H12O2.CH2O2/c1-4-5(2)8-6(3)7;2-1-3/h5H,4H2,1-3H3;1H,(H,2,3). The van der Waals surface area contributed by atoms with Crippen LogP contribution in [-0.2, 0) is 14.3 Å². The van der Waals surface area contributed by atoms with E-state index in [9.17, 15) is 4.79 Å². The maximum atomic E-state index is 10.2. The Morgan fingerprint density at radius 3 is 2.18 bits per heavy atom. The Bertz CT molecular complexity index is 111. The van der Waals surface area contributed by atoms with E-state index < -0.39 is 0 Å². The molecule has 0 aliphatic rings. The van der Waals surface area contributed by atoms with Crippen LogP contribution in [0.15, 0.2) is 0 Å². The topological polar surface area (TPSA) is 63.6 Å². The molecule has 0 aromatic rings. The van der Waals surface area contributed by atoms with Gasteiger partial charge in [0.15, 0.2) is 0 Å². The lowest BCUT2D eigenvalue weighted by Gasteiger charge is -2.06. The Balaban J connectivity index is 0. The molecule has 1 N–H and O–H groups in total. The molecule has 0 aromatic carbocycles. The van der Waals surface area contributed by atoms with E-state index in [1.165, 1.54) is 6.92 Å². The van der Waals surface area contributed by atoms with Crippen molar-refractivity contribution in [2.24, 2.45) is 0 Å². The van der Waals surface area contributed by atoms with Crippen molar-refractivity contribution in [3.63, 3.8) is 0 Å². The van der Waals surface area contributed by atoms with Gasteiger partial charge in [-0.05, 0) is 13.3 Å². The summed E-state index contributed by atoms with van der Waals surface area (Å²) in [4.78, 5) is 18.6. The summed E-state index contributed by atoms with van der Waals surface area (Å²) in [5.74, 6) is -0.195. The number of ether oxygens (including phenoxy) is 1. The lowest BCUT2D eigenvalue weighted by atomic mass is 10.3. The van der Waals surface area contributed by atoms with Crippen LogP contribution in [0.5, 0.6) is 0 Å². The molecule has 1 unspecified atom stereocenters. The summed E-state index contributed by atoms with van der Waals surface area (Å²) in [6.45, 7) is 5.03. The van der Waals surface area contributed by atoms with Gasteiger partial charge in [-0.15, -0.1) is 0 Å². The van der Waals surface area contributed by atoms with Gasteiger partial charge in [0.1, 0.15) is 0 Å². The van der Waals surface area contributed by atoms with E-state index in [2.05, 4.69) is 0 Å². The minimum absolute atomic E-state index is 0.0764. The van der Waals surface area contributed by atoms with Gasteiger partial charge in [-0.3, -0.25) is 9.59 Å². The quantitative estimate of drug-likeness (QED) is 0.487. The van der Waals surface area contributed by atoms with Gasteiger partial charge < -0.3 is 9.84 Å². The summed E-state index contributed by atoms with van der Waals surface area (Å²) in [5.41, 5.74) is 0. The van der Waals surface area contributed by atoms with E-state index in [0.717, 1.165) is 6.42 Å². The third-order valence-corrected chi connectivity index (χ3v) is 0.942. The van der Waals surface area contributed by atoms with Crippen molar-refractivity contribution < 1.29 is 19.4 Å². The second-order valence-corrected chi connectivity index (χ2v) is 1.93. The molecule has 11 heavy (non-hydrogen) atoms. The van der Waals surface area contributed by atoms with Crippen LogP contribution >= 0.6 is 0 Å². The largest absolute Gasteiger partial charge is 0.483 e. The van der Waals surface area contributed by atoms with E-state index in [-0.39, 0.29) is 18.5 Å². The predicted molar refractivity (Wildman–Crippen MR) is 40.2 cm³/mol. The molecule has 0 aliphatic heterocycles. The van der Waals surface area contributed by atoms with Gasteiger partial charge in [-0.25, -0.2) is 0 Å². The Morgan fingerprint density at radius 1 is 1.73 bits per heavy atom. The molecule has 0 spiro atoms. The van der Waals surface area contributed by atoms with Gasteiger partial charge in [0, 0.05) is 6.92 Å². The normalized spacial score (nSPS) is 10.5. The van der Waals surface area contributed by atoms with Crippen molar-refractivity contribution in [1.29, 1.82) is 0 Å². The first-order valence-electron chi connectivity index (χ1n) is 3.33. The van der Waals surface area contributed by atoms with Gasteiger partial charge >= 0.3 is 5.97 Å². The van der Waals surface area contributed by atoms with Crippen LogP contribution in [0.3, 0.4) is 0 Å². The fourth-order valence-electron chi connectivity index (χ4n) is 0.367. The van der Waals surface area contributed by atoms with E-state index in [1.54, 1.807) is 0 Å². The maximum absolute atomic E-state index is 10.2. The molecular weight excluding hydrogens is 148 g/mol. The molecule has 1 atom stereocenters. The van der Waals surface area contributed by atoms with Crippen LogP contribution < -0.4 is 0 Å². The highest BCUT2D eigenvalue weighted by atomic mass is 16.5. The van der Waals surface area contributed by atoms with E-state index in [0.29, 0.717) is 0 Å². The lowest BCUT2D eigenvalue weighted by molar-refractivity contribution is -0.145. The molecule has 0 saturated heterocycles. The number of hydrogen-bond donors (Lipinski definition) is 1. The van der Waals surface area contributed by atoms with Crippen molar-refractivity contribution in [2.75, 3.05) is 0 Å². The van der Waals surface area contributed by atoms with Crippen LogP contribution in [0.1, 0.15) is 27.2 Å². The summed E-state index contributed by atoms with van der Waals surface area (Å²) >= 11 is 0. The van der Waals surface area contributed by atoms with Gasteiger partial charge in [-0.2, -0.15) is 0 Å². The molecule has 66 valence electrons. The molecule has 0 heterocycles. The van der Waals surface area contributed by atoms with Gasteiger partial charge in [0.05, 0.1) is 6.10 Å². The second kappa shape index (κ2) is 8.94. The minimum atomic E-state index is -0.250. The highest BCUT2D eigenvalue weighted by Crippen LogP contribution is 1.94. The molecule has 0 radical (unpaired) electrons. The Kier molecular flexibility index (Phi) is 10.2. The van der Waals surface area contributed by atoms with E-state index in [4.69, 9.17) is 14.6 Å². The van der Waals surface area contributed by atoms with Crippen molar-refractivity contribution >= 4 is 12.4 Å². The van der Waals surface area contributed by atoms with Crippen LogP contribution in [0.25, 0.3) is 0 Å². The fraction of sp³-hybridized carbons (Fsp3) is 0.714. The molecule has 0 amide bonds. The van der Waals surface area contributed by atoms with E-state index >= 15 is 0 Å². The molecule has 0 aliphatic carbocycles. The molecular formula is C7H14O4. The van der Waals surface area contributed by atoms with Crippen LogP contribution in [0.4, 0.5) is 0 Å². The summed E-state index contributed by atoms with van der Waals surface area (Å²) in [5, 5.41) is 6.89. The Hall–Kier alpha value is -1.06. The third kappa shape index (κ3) is 17.6. The third-order valence-electron chi connectivity index (χ3n) is 0.942. The van der Waals surface area contributed by atoms with Crippen molar-refractivity contribution in [3.8, 4) is 0 Å². The number of hydrogen-bond acceptors (Lipinski definition) is 3. The van der Waals surface area contributed by atoms with Crippen molar-refractivity contribution in [2.45, 2.75) is 33.3 Å². The Morgan fingerprint density at radius 2 is 2.09 bits per heavy atom. The highest BCUT2D eigenvalue weighted by Gasteiger charge is 1.99. The lowest BCUT2D eigenvalue weighted by Crippen LogP contribution is -2.09. The minimum Gasteiger partial charge on any atom is -0.483 e. The average molecular weight is 162 g/mol. The number of rotatable bonds is 2. The second-order valence-electron chi connectivity index (χ2n) is 1.93. The van der Waals surface area contributed by atoms with Gasteiger partial charge in [0.2, 0.25) is 0 Å². The number of carbonyl (C=O) groups excluding carboxylic acids is 1. The summed E-state index contributed by atoms with van der Waals surface area (Å²) in [6, 6.07) is 0. The molecule has 4 heteroatoms. The first kappa shape index (κ1) is 12.6. The highest BCUT2D eigenvalue weighted by molar-refractivity contribution is 5.66. The SMILES string of the molecule is CCC(C)OC(C)=O.O=CO. The van der Waals surface area contributed by atoms with Crippen LogP contribution in [0.2, 0.25) is 0 Å². The summed E-state index contributed by atoms with van der Waals surface area (Å²) < 4.78 is 4.76. The molecule has 0 saturated carbocycles. The first-order chi connectivity index (χ1) is 5.08. The molecule has 0 aromatic heterocycles. The first-order valence-corrected chi connectivity index (χ1v) is 3.33. The van der Waals surface area contributed by atoms with Gasteiger partial charge in [-0.1, -0.05) is 6.92 Å². The molecule has 0 fully saturated rings. The van der Waals surface area contributed by atoms with Crippen LogP contribution in [-0.4, -0.2) is 23.7 Å². The van der Waals surface area contributed by atoms with Crippen molar-refractivity contribution in [3.05, 3.63) is 0 Å². The maximum Gasteiger partial charge on any atom is 0.302 e. The monoisotopic (exact) mass is 162 g/mol. The zero-order chi connectivity index (χ0) is 9.28. The van der Waals surface area contributed by atoms with Crippen molar-refractivity contribution in [1.82, 2.24) is 0 Å². The van der Waals surface area contributed by atoms with E-state index in [1.807, 2.05) is 13.8 Å². The molecule has 4 nitrogen and oxygen atoms in total. The molecule has 0 rings (SSSR count). The summed E-state index contributed by atoms with van der Waals surface area (Å²) in [7, 11) is 0. The fourth-order valence-corrected chi connectivity index (χ4v) is 0.367.